The summed E-state index contributed by atoms with van der Waals surface area (Å²) in [5, 5.41) is 17.2. The summed E-state index contributed by atoms with van der Waals surface area (Å²) in [5.41, 5.74) is 4.19. The smallest absolute Gasteiger partial charge is 0.335 e. The zero-order valence-corrected chi connectivity index (χ0v) is 14.5. The van der Waals surface area contributed by atoms with Crippen LogP contribution in [0, 0.1) is 0 Å². The molecular formula is C19H18N4O3. The summed E-state index contributed by atoms with van der Waals surface area (Å²) in [7, 11) is 4.15. The lowest BCUT2D eigenvalue weighted by atomic mass is 10.1. The quantitative estimate of drug-likeness (QED) is 0.777. The second-order valence-electron chi connectivity index (χ2n) is 6.49. The standard InChI is InChI=1S/C19H18N4O3/c1-22-10-15-9-14(7-8-16(15)23(2)11-22)18-21-20-17(26-18)12-3-5-13(6-4-12)19(24)25/h3-9H,10-11H2,1-2H3,(H,24,25). The Bertz CT molecular complexity index is 965. The van der Waals surface area contributed by atoms with Gasteiger partial charge in [0, 0.05) is 30.4 Å². The minimum absolute atomic E-state index is 0.219. The largest absolute Gasteiger partial charge is 0.478 e. The number of carboxylic acid groups (broad SMARTS) is 1. The fourth-order valence-electron chi connectivity index (χ4n) is 3.21. The van der Waals surface area contributed by atoms with Gasteiger partial charge in [0.1, 0.15) is 0 Å². The second kappa shape index (κ2) is 6.27. The van der Waals surface area contributed by atoms with Crippen molar-refractivity contribution in [3.05, 3.63) is 53.6 Å². The molecule has 132 valence electrons. The van der Waals surface area contributed by atoms with Crippen molar-refractivity contribution in [3.8, 4) is 22.9 Å². The maximum absolute atomic E-state index is 10.9. The van der Waals surface area contributed by atoms with Crippen molar-refractivity contribution >= 4 is 11.7 Å². The number of carboxylic acids is 1. The molecule has 3 aromatic rings. The van der Waals surface area contributed by atoms with Gasteiger partial charge in [-0.15, -0.1) is 10.2 Å². The SMILES string of the molecule is CN1Cc2cc(-c3nnc(-c4ccc(C(=O)O)cc4)o3)ccc2N(C)C1. The average Bonchev–Trinajstić information content (AvgIpc) is 3.11. The Morgan fingerprint density at radius 2 is 1.69 bits per heavy atom. The molecule has 1 N–H and O–H groups in total. The number of benzene rings is 2. The maximum atomic E-state index is 10.9. The van der Waals surface area contributed by atoms with Crippen LogP contribution in [0.4, 0.5) is 5.69 Å². The summed E-state index contributed by atoms with van der Waals surface area (Å²) in [6.45, 7) is 1.76. The number of rotatable bonds is 3. The molecule has 0 atom stereocenters. The first-order valence-corrected chi connectivity index (χ1v) is 8.21. The Hall–Kier alpha value is -3.19. The van der Waals surface area contributed by atoms with Crippen LogP contribution in [-0.2, 0) is 6.54 Å². The predicted molar refractivity (Wildman–Crippen MR) is 96.9 cm³/mol. The molecule has 0 saturated carbocycles. The molecule has 0 radical (unpaired) electrons. The molecule has 4 rings (SSSR count). The molecule has 1 aromatic heterocycles. The van der Waals surface area contributed by atoms with Crippen LogP contribution in [0.25, 0.3) is 22.9 Å². The molecule has 2 heterocycles. The van der Waals surface area contributed by atoms with Crippen LogP contribution in [0.5, 0.6) is 0 Å². The topological polar surface area (TPSA) is 82.7 Å². The van der Waals surface area contributed by atoms with E-state index >= 15 is 0 Å². The number of fused-ring (bicyclic) bond motifs is 1. The highest BCUT2D eigenvalue weighted by Gasteiger charge is 2.19. The molecule has 7 nitrogen and oxygen atoms in total. The van der Waals surface area contributed by atoms with E-state index < -0.39 is 5.97 Å². The number of aromatic carboxylic acids is 1. The lowest BCUT2D eigenvalue weighted by Crippen LogP contribution is -2.37. The van der Waals surface area contributed by atoms with Crippen LogP contribution < -0.4 is 4.90 Å². The zero-order chi connectivity index (χ0) is 18.3. The van der Waals surface area contributed by atoms with E-state index in [0.29, 0.717) is 17.3 Å². The number of nitrogens with zero attached hydrogens (tertiary/aromatic N) is 4. The first-order valence-electron chi connectivity index (χ1n) is 8.21. The Kier molecular flexibility index (Phi) is 3.93. The molecule has 1 aliphatic rings. The minimum Gasteiger partial charge on any atom is -0.478 e. The lowest BCUT2D eigenvalue weighted by molar-refractivity contribution is 0.0697. The first kappa shape index (κ1) is 16.3. The third kappa shape index (κ3) is 2.93. The number of aromatic nitrogens is 2. The molecule has 0 spiro atoms. The molecule has 2 aromatic carbocycles. The van der Waals surface area contributed by atoms with Gasteiger partial charge in [0.05, 0.1) is 12.2 Å². The normalized spacial score (nSPS) is 14.3. The van der Waals surface area contributed by atoms with Crippen LogP contribution in [0.3, 0.4) is 0 Å². The summed E-state index contributed by atoms with van der Waals surface area (Å²) in [6.07, 6.45) is 0. The highest BCUT2D eigenvalue weighted by molar-refractivity contribution is 5.88. The fourth-order valence-corrected chi connectivity index (χ4v) is 3.21. The van der Waals surface area contributed by atoms with Gasteiger partial charge in [-0.25, -0.2) is 4.79 Å². The average molecular weight is 350 g/mol. The van der Waals surface area contributed by atoms with Gasteiger partial charge in [0.25, 0.3) is 0 Å². The fraction of sp³-hybridized carbons (Fsp3) is 0.211. The number of hydrogen-bond donors (Lipinski definition) is 1. The Morgan fingerprint density at radius 1 is 1.04 bits per heavy atom. The maximum Gasteiger partial charge on any atom is 0.335 e. The molecule has 0 unspecified atom stereocenters. The third-order valence-electron chi connectivity index (χ3n) is 4.44. The zero-order valence-electron chi connectivity index (χ0n) is 14.5. The van der Waals surface area contributed by atoms with Gasteiger partial charge >= 0.3 is 5.97 Å². The number of hydrogen-bond acceptors (Lipinski definition) is 6. The van der Waals surface area contributed by atoms with Crippen LogP contribution in [-0.4, -0.2) is 46.9 Å². The van der Waals surface area contributed by atoms with Crippen LogP contribution in [0.1, 0.15) is 15.9 Å². The summed E-state index contributed by atoms with van der Waals surface area (Å²) >= 11 is 0. The van der Waals surface area contributed by atoms with Crippen LogP contribution >= 0.6 is 0 Å². The molecule has 0 fully saturated rings. The van der Waals surface area contributed by atoms with Gasteiger partial charge in [0.15, 0.2) is 0 Å². The highest BCUT2D eigenvalue weighted by Crippen LogP contribution is 2.31. The van der Waals surface area contributed by atoms with E-state index in [9.17, 15) is 4.79 Å². The summed E-state index contributed by atoms with van der Waals surface area (Å²) in [5.74, 6) is -0.156. The predicted octanol–water partition coefficient (Wildman–Crippen LogP) is 2.94. The molecular weight excluding hydrogens is 332 g/mol. The van der Waals surface area contributed by atoms with E-state index in [4.69, 9.17) is 9.52 Å². The van der Waals surface area contributed by atoms with Crippen LogP contribution in [0.2, 0.25) is 0 Å². The van der Waals surface area contributed by atoms with Gasteiger partial charge in [-0.3, -0.25) is 4.90 Å². The van der Waals surface area contributed by atoms with E-state index in [1.165, 1.54) is 23.4 Å². The molecule has 26 heavy (non-hydrogen) atoms. The lowest BCUT2D eigenvalue weighted by Gasteiger charge is -2.34. The Labute approximate surface area is 150 Å². The van der Waals surface area contributed by atoms with Crippen molar-refractivity contribution in [1.82, 2.24) is 15.1 Å². The summed E-state index contributed by atoms with van der Waals surface area (Å²) < 4.78 is 5.80. The van der Waals surface area contributed by atoms with Crippen molar-refractivity contribution < 1.29 is 14.3 Å². The minimum atomic E-state index is -0.966. The molecule has 0 amide bonds. The van der Waals surface area contributed by atoms with Crippen molar-refractivity contribution in [1.29, 1.82) is 0 Å². The highest BCUT2D eigenvalue weighted by atomic mass is 16.4. The van der Waals surface area contributed by atoms with Crippen molar-refractivity contribution in [2.75, 3.05) is 25.7 Å². The van der Waals surface area contributed by atoms with E-state index in [1.54, 1.807) is 12.1 Å². The van der Waals surface area contributed by atoms with Crippen molar-refractivity contribution in [3.63, 3.8) is 0 Å². The third-order valence-corrected chi connectivity index (χ3v) is 4.44. The van der Waals surface area contributed by atoms with Gasteiger partial charge in [-0.2, -0.15) is 0 Å². The summed E-state index contributed by atoms with van der Waals surface area (Å²) in [4.78, 5) is 15.4. The number of anilines is 1. The van der Waals surface area contributed by atoms with E-state index in [0.717, 1.165) is 18.8 Å². The first-order chi connectivity index (χ1) is 12.5. The summed E-state index contributed by atoms with van der Waals surface area (Å²) in [6, 6.07) is 12.5. The van der Waals surface area contributed by atoms with Gasteiger partial charge in [0.2, 0.25) is 11.8 Å². The molecule has 7 heteroatoms. The molecule has 0 saturated heterocycles. The van der Waals surface area contributed by atoms with Crippen LogP contribution in [0.15, 0.2) is 46.9 Å². The van der Waals surface area contributed by atoms with Gasteiger partial charge < -0.3 is 14.4 Å². The van der Waals surface area contributed by atoms with Crippen molar-refractivity contribution in [2.45, 2.75) is 6.54 Å². The Morgan fingerprint density at radius 3 is 2.38 bits per heavy atom. The Balaban J connectivity index is 1.64. The second-order valence-corrected chi connectivity index (χ2v) is 6.49. The van der Waals surface area contributed by atoms with E-state index in [2.05, 4.69) is 46.2 Å². The molecule has 0 aliphatic carbocycles. The molecule has 0 bridgehead atoms. The van der Waals surface area contributed by atoms with E-state index in [1.807, 2.05) is 6.07 Å². The monoisotopic (exact) mass is 350 g/mol. The number of carbonyl (C=O) groups is 1. The van der Waals surface area contributed by atoms with Crippen molar-refractivity contribution in [2.24, 2.45) is 0 Å². The van der Waals surface area contributed by atoms with Gasteiger partial charge in [-0.1, -0.05) is 0 Å². The van der Waals surface area contributed by atoms with E-state index in [-0.39, 0.29) is 5.56 Å². The molecule has 1 aliphatic heterocycles. The van der Waals surface area contributed by atoms with Gasteiger partial charge in [-0.05, 0) is 55.1 Å².